The lowest BCUT2D eigenvalue weighted by Crippen LogP contribution is -2.43. The Morgan fingerprint density at radius 3 is 2.35 bits per heavy atom. The number of carbonyl (C=O) groups excluding carboxylic acids is 2. The van der Waals surface area contributed by atoms with Crippen LogP contribution < -0.4 is 10.1 Å². The molecule has 0 aliphatic heterocycles. The average molecular weight is 297 g/mol. The number of methoxy groups -OCH3 is 2. The minimum atomic E-state index is -0.682. The molecule has 0 aliphatic carbocycles. The molecule has 1 aromatic rings. The third-order valence-corrected chi connectivity index (χ3v) is 3.22. The smallest absolute Gasteiger partial charge is 0.328 e. The SMILES string of the molecule is COC(=O)C(C)NC(=O)C(S)Cc1ccc(OC)cc1. The average Bonchev–Trinajstić information content (AvgIpc) is 2.46. The molecule has 0 heterocycles. The van der Waals surface area contributed by atoms with Crippen molar-refractivity contribution in [1.82, 2.24) is 5.32 Å². The lowest BCUT2D eigenvalue weighted by Gasteiger charge is -2.15. The minimum Gasteiger partial charge on any atom is -0.497 e. The maximum Gasteiger partial charge on any atom is 0.328 e. The predicted molar refractivity (Wildman–Crippen MR) is 79.1 cm³/mol. The van der Waals surface area contributed by atoms with Gasteiger partial charge in [0.1, 0.15) is 11.8 Å². The lowest BCUT2D eigenvalue weighted by molar-refractivity contribution is -0.144. The summed E-state index contributed by atoms with van der Waals surface area (Å²) < 4.78 is 9.61. The number of rotatable bonds is 6. The Hall–Kier alpha value is -1.69. The van der Waals surface area contributed by atoms with E-state index in [9.17, 15) is 9.59 Å². The second-order valence-corrected chi connectivity index (χ2v) is 4.94. The molecular formula is C14H19NO4S. The summed E-state index contributed by atoms with van der Waals surface area (Å²) in [5, 5.41) is 2.03. The molecular weight excluding hydrogens is 278 g/mol. The van der Waals surface area contributed by atoms with Gasteiger partial charge >= 0.3 is 5.97 Å². The molecule has 20 heavy (non-hydrogen) atoms. The highest BCUT2D eigenvalue weighted by molar-refractivity contribution is 7.81. The molecule has 1 N–H and O–H groups in total. The van der Waals surface area contributed by atoms with Crippen molar-refractivity contribution in [3.05, 3.63) is 29.8 Å². The zero-order valence-electron chi connectivity index (χ0n) is 11.8. The highest BCUT2D eigenvalue weighted by Crippen LogP contribution is 2.14. The molecule has 0 bridgehead atoms. The van der Waals surface area contributed by atoms with Crippen molar-refractivity contribution in [2.24, 2.45) is 0 Å². The molecule has 1 aromatic carbocycles. The van der Waals surface area contributed by atoms with Crippen LogP contribution in [0.2, 0.25) is 0 Å². The molecule has 2 atom stereocenters. The molecule has 0 aromatic heterocycles. The van der Waals surface area contributed by atoms with Gasteiger partial charge in [-0.2, -0.15) is 12.6 Å². The van der Waals surface area contributed by atoms with Gasteiger partial charge in [-0.05, 0) is 31.0 Å². The molecule has 0 aliphatic rings. The van der Waals surface area contributed by atoms with Gasteiger partial charge in [0.2, 0.25) is 5.91 Å². The van der Waals surface area contributed by atoms with Crippen LogP contribution in [0, 0.1) is 0 Å². The van der Waals surface area contributed by atoms with Crippen LogP contribution in [0.3, 0.4) is 0 Å². The van der Waals surface area contributed by atoms with E-state index in [1.807, 2.05) is 24.3 Å². The van der Waals surface area contributed by atoms with Gasteiger partial charge in [0.05, 0.1) is 19.5 Å². The van der Waals surface area contributed by atoms with Gasteiger partial charge in [-0.3, -0.25) is 4.79 Å². The van der Waals surface area contributed by atoms with Gasteiger partial charge < -0.3 is 14.8 Å². The number of esters is 1. The van der Waals surface area contributed by atoms with Gasteiger partial charge in [-0.25, -0.2) is 4.79 Å². The first kappa shape index (κ1) is 16.4. The van der Waals surface area contributed by atoms with Crippen molar-refractivity contribution in [2.45, 2.75) is 24.6 Å². The standard InChI is InChI=1S/C14H19NO4S/c1-9(14(17)19-3)15-13(16)12(20)8-10-4-6-11(18-2)7-5-10/h4-7,9,12,20H,8H2,1-3H3,(H,15,16). The maximum absolute atomic E-state index is 11.9. The highest BCUT2D eigenvalue weighted by Gasteiger charge is 2.20. The third kappa shape index (κ3) is 4.77. The number of thiol groups is 1. The van der Waals surface area contributed by atoms with E-state index in [1.165, 1.54) is 7.11 Å². The van der Waals surface area contributed by atoms with E-state index >= 15 is 0 Å². The minimum absolute atomic E-state index is 0.304. The first-order valence-electron chi connectivity index (χ1n) is 6.17. The third-order valence-electron chi connectivity index (χ3n) is 2.80. The van der Waals surface area contributed by atoms with Crippen molar-refractivity contribution in [2.75, 3.05) is 14.2 Å². The molecule has 0 radical (unpaired) electrons. The number of amides is 1. The van der Waals surface area contributed by atoms with E-state index in [0.29, 0.717) is 6.42 Å². The van der Waals surface area contributed by atoms with Gasteiger partial charge in [0, 0.05) is 0 Å². The van der Waals surface area contributed by atoms with Crippen LogP contribution in [0.4, 0.5) is 0 Å². The number of carbonyl (C=O) groups is 2. The number of hydrogen-bond acceptors (Lipinski definition) is 5. The fraction of sp³-hybridized carbons (Fsp3) is 0.429. The monoisotopic (exact) mass is 297 g/mol. The van der Waals surface area contributed by atoms with Crippen LogP contribution in [0.1, 0.15) is 12.5 Å². The van der Waals surface area contributed by atoms with E-state index in [1.54, 1.807) is 14.0 Å². The normalized spacial score (nSPS) is 13.2. The zero-order chi connectivity index (χ0) is 15.1. The topological polar surface area (TPSA) is 64.6 Å². The summed E-state index contributed by atoms with van der Waals surface area (Å²) in [6.07, 6.45) is 0.465. The quantitative estimate of drug-likeness (QED) is 0.612. The summed E-state index contributed by atoms with van der Waals surface area (Å²) in [6, 6.07) is 6.71. The second-order valence-electron chi connectivity index (χ2n) is 4.32. The lowest BCUT2D eigenvalue weighted by atomic mass is 10.1. The van der Waals surface area contributed by atoms with E-state index < -0.39 is 17.3 Å². The number of benzene rings is 1. The summed E-state index contributed by atoms with van der Waals surface area (Å²) >= 11 is 4.26. The van der Waals surface area contributed by atoms with Crippen LogP contribution in [0.15, 0.2) is 24.3 Å². The molecule has 1 rings (SSSR count). The Morgan fingerprint density at radius 2 is 1.85 bits per heavy atom. The summed E-state index contributed by atoms with van der Waals surface area (Å²) in [5.74, 6) is -0.0291. The van der Waals surface area contributed by atoms with E-state index in [0.717, 1.165) is 11.3 Å². The fourth-order valence-electron chi connectivity index (χ4n) is 1.62. The number of ether oxygens (including phenoxy) is 2. The molecule has 0 saturated carbocycles. The van der Waals surface area contributed by atoms with Crippen LogP contribution in [-0.4, -0.2) is 37.4 Å². The van der Waals surface area contributed by atoms with E-state index in [-0.39, 0.29) is 5.91 Å². The Balaban J connectivity index is 2.54. The summed E-state index contributed by atoms with van der Waals surface area (Å²) in [6.45, 7) is 1.57. The van der Waals surface area contributed by atoms with Crippen molar-refractivity contribution in [3.8, 4) is 5.75 Å². The highest BCUT2D eigenvalue weighted by atomic mass is 32.1. The molecule has 2 unspecified atom stereocenters. The van der Waals surface area contributed by atoms with Crippen LogP contribution in [0.25, 0.3) is 0 Å². The van der Waals surface area contributed by atoms with Gasteiger partial charge in [-0.15, -0.1) is 0 Å². The van der Waals surface area contributed by atoms with Crippen molar-refractivity contribution in [3.63, 3.8) is 0 Å². The van der Waals surface area contributed by atoms with Gasteiger partial charge in [0.15, 0.2) is 0 Å². The summed E-state index contributed by atoms with van der Waals surface area (Å²) in [4.78, 5) is 23.1. The Kier molecular flexibility index (Phi) is 6.38. The Labute approximate surface area is 124 Å². The van der Waals surface area contributed by atoms with E-state index in [2.05, 4.69) is 22.7 Å². The van der Waals surface area contributed by atoms with Crippen LogP contribution >= 0.6 is 12.6 Å². The predicted octanol–water partition coefficient (Wildman–Crippen LogP) is 1.21. The molecule has 0 fully saturated rings. The Bertz CT molecular complexity index is 461. The first-order chi connectivity index (χ1) is 9.47. The van der Waals surface area contributed by atoms with Crippen molar-refractivity contribution in [1.29, 1.82) is 0 Å². The first-order valence-corrected chi connectivity index (χ1v) is 6.68. The fourth-order valence-corrected chi connectivity index (χ4v) is 1.91. The molecule has 5 nitrogen and oxygen atoms in total. The summed E-state index contributed by atoms with van der Waals surface area (Å²) in [7, 11) is 2.87. The van der Waals surface area contributed by atoms with Crippen molar-refractivity contribution < 1.29 is 19.1 Å². The van der Waals surface area contributed by atoms with Crippen molar-refractivity contribution >= 4 is 24.5 Å². The zero-order valence-corrected chi connectivity index (χ0v) is 12.6. The second kappa shape index (κ2) is 7.79. The largest absolute Gasteiger partial charge is 0.497 e. The van der Waals surface area contributed by atoms with E-state index in [4.69, 9.17) is 4.74 Å². The molecule has 6 heteroatoms. The molecule has 1 amide bonds. The van der Waals surface area contributed by atoms with Gasteiger partial charge in [-0.1, -0.05) is 12.1 Å². The molecule has 110 valence electrons. The molecule has 0 saturated heterocycles. The molecule has 0 spiro atoms. The van der Waals surface area contributed by atoms with Gasteiger partial charge in [0.25, 0.3) is 0 Å². The number of hydrogen-bond donors (Lipinski definition) is 2. The number of nitrogens with one attached hydrogen (secondary N) is 1. The Morgan fingerprint density at radius 1 is 1.25 bits per heavy atom. The van der Waals surface area contributed by atoms with Crippen LogP contribution in [0.5, 0.6) is 5.75 Å². The van der Waals surface area contributed by atoms with Crippen LogP contribution in [-0.2, 0) is 20.7 Å². The maximum atomic E-state index is 11.9. The summed E-state index contributed by atoms with van der Waals surface area (Å²) in [5.41, 5.74) is 0.965.